The molecular weight excluding hydrogens is 324 g/mol. The minimum atomic E-state index is 1.01. The molecule has 0 heterocycles. The molecule has 0 nitrogen and oxygen atoms in total. The standard InChI is InChI=1S/C27H54/c1-4-7-9-11-13-15-16-17-18-20-22-24-26-27(6-3)25-23-21-19-14-12-10-8-5-2/h27H,1-2,4-26H2,3H3. The van der Waals surface area contributed by atoms with Gasteiger partial charge >= 0.3 is 0 Å². The first-order valence-electron chi connectivity index (χ1n) is 12.9. The highest BCUT2D eigenvalue weighted by molar-refractivity contribution is 4.59. The second kappa shape index (κ2) is 24.0. The molecule has 0 spiro atoms. The maximum absolute atomic E-state index is 3.92. The molecule has 1 unspecified atom stereocenters. The molecule has 0 aliphatic carbocycles. The van der Waals surface area contributed by atoms with Gasteiger partial charge in [-0.05, 0) is 5.92 Å². The summed E-state index contributed by atoms with van der Waals surface area (Å²) >= 11 is 0. The van der Waals surface area contributed by atoms with E-state index in [0.717, 1.165) is 18.8 Å². The van der Waals surface area contributed by atoms with Crippen LogP contribution in [0, 0.1) is 19.8 Å². The number of hydrogen-bond acceptors (Lipinski definition) is 0. The molecule has 0 saturated heterocycles. The van der Waals surface area contributed by atoms with Crippen molar-refractivity contribution >= 4 is 0 Å². The lowest BCUT2D eigenvalue weighted by Gasteiger charge is -2.14. The van der Waals surface area contributed by atoms with Crippen molar-refractivity contribution in [3.8, 4) is 0 Å². The van der Waals surface area contributed by atoms with Gasteiger partial charge in [-0.15, -0.1) is 0 Å². The summed E-state index contributed by atoms with van der Waals surface area (Å²) in [5.74, 6) is 1.01. The van der Waals surface area contributed by atoms with Crippen LogP contribution in [-0.4, -0.2) is 0 Å². The smallest absolute Gasteiger partial charge is 0.0417 e. The summed E-state index contributed by atoms with van der Waals surface area (Å²) in [4.78, 5) is 0. The average molecular weight is 379 g/mol. The molecule has 1 atom stereocenters. The fraction of sp³-hybridized carbons (Fsp3) is 0.926. The Labute approximate surface area is 174 Å². The van der Waals surface area contributed by atoms with Crippen LogP contribution in [0.4, 0.5) is 0 Å². The van der Waals surface area contributed by atoms with Crippen molar-refractivity contribution in [2.75, 3.05) is 0 Å². The third kappa shape index (κ3) is 22.2. The lowest BCUT2D eigenvalue weighted by molar-refractivity contribution is 0.392. The van der Waals surface area contributed by atoms with Gasteiger partial charge in [0, 0.05) is 0 Å². The highest BCUT2D eigenvalue weighted by atomic mass is 14.1. The zero-order valence-corrected chi connectivity index (χ0v) is 19.3. The number of rotatable bonds is 23. The molecule has 0 aromatic carbocycles. The Kier molecular flexibility index (Phi) is 24.0. The van der Waals surface area contributed by atoms with Crippen LogP contribution in [0.25, 0.3) is 0 Å². The second-order valence-electron chi connectivity index (χ2n) is 8.92. The van der Waals surface area contributed by atoms with Gasteiger partial charge in [-0.2, -0.15) is 0 Å². The van der Waals surface area contributed by atoms with Crippen LogP contribution in [-0.2, 0) is 0 Å². The highest BCUT2D eigenvalue weighted by Gasteiger charge is 2.05. The Morgan fingerprint density at radius 1 is 0.407 bits per heavy atom. The SMILES string of the molecule is [CH2]CCCCCCCCCCCCCC(CC)CCCCCCCCC[CH2]. The van der Waals surface area contributed by atoms with Gasteiger partial charge in [0.1, 0.15) is 0 Å². The lowest BCUT2D eigenvalue weighted by atomic mass is 9.92. The Balaban J connectivity index is 3.26. The molecule has 2 radical (unpaired) electrons. The topological polar surface area (TPSA) is 0 Å². The van der Waals surface area contributed by atoms with Crippen LogP contribution in [0.5, 0.6) is 0 Å². The van der Waals surface area contributed by atoms with Gasteiger partial charge in [0.05, 0.1) is 0 Å². The van der Waals surface area contributed by atoms with Gasteiger partial charge in [-0.25, -0.2) is 0 Å². The Hall–Kier alpha value is 0. The molecule has 0 aliphatic rings. The minimum absolute atomic E-state index is 1.01. The predicted molar refractivity (Wildman–Crippen MR) is 126 cm³/mol. The minimum Gasteiger partial charge on any atom is -0.0651 e. The summed E-state index contributed by atoms with van der Waals surface area (Å²) in [6.07, 6.45) is 32.6. The summed E-state index contributed by atoms with van der Waals surface area (Å²) < 4.78 is 0. The van der Waals surface area contributed by atoms with Crippen molar-refractivity contribution in [2.24, 2.45) is 5.92 Å². The van der Waals surface area contributed by atoms with Gasteiger partial charge in [-0.3, -0.25) is 0 Å². The van der Waals surface area contributed by atoms with E-state index in [1.54, 1.807) is 0 Å². The second-order valence-corrected chi connectivity index (χ2v) is 8.92. The van der Waals surface area contributed by atoms with Gasteiger partial charge in [0.25, 0.3) is 0 Å². The number of hydrogen-bond donors (Lipinski definition) is 0. The quantitative estimate of drug-likeness (QED) is 0.155. The van der Waals surface area contributed by atoms with E-state index in [1.807, 2.05) is 0 Å². The molecule has 0 N–H and O–H groups in total. The van der Waals surface area contributed by atoms with Crippen molar-refractivity contribution in [3.05, 3.63) is 13.8 Å². The predicted octanol–water partition coefficient (Wildman–Crippen LogP) is 10.3. The van der Waals surface area contributed by atoms with E-state index in [4.69, 9.17) is 0 Å². The highest BCUT2D eigenvalue weighted by Crippen LogP contribution is 2.22. The van der Waals surface area contributed by atoms with Crippen LogP contribution in [0.1, 0.15) is 155 Å². The van der Waals surface area contributed by atoms with E-state index in [2.05, 4.69) is 20.8 Å². The maximum Gasteiger partial charge on any atom is -0.0417 e. The molecule has 0 bridgehead atoms. The molecule has 0 heteroatoms. The van der Waals surface area contributed by atoms with E-state index in [9.17, 15) is 0 Å². The molecule has 0 aromatic heterocycles. The lowest BCUT2D eigenvalue weighted by Crippen LogP contribution is -1.99. The summed E-state index contributed by atoms with van der Waals surface area (Å²) in [6.45, 7) is 10.2. The first kappa shape index (κ1) is 27.0. The van der Waals surface area contributed by atoms with Crippen LogP contribution >= 0.6 is 0 Å². The summed E-state index contributed by atoms with van der Waals surface area (Å²) in [6, 6.07) is 0. The molecule has 0 amide bonds. The third-order valence-electron chi connectivity index (χ3n) is 6.30. The van der Waals surface area contributed by atoms with Crippen LogP contribution < -0.4 is 0 Å². The Morgan fingerprint density at radius 2 is 0.667 bits per heavy atom. The van der Waals surface area contributed by atoms with E-state index in [-0.39, 0.29) is 0 Å². The van der Waals surface area contributed by atoms with Crippen molar-refractivity contribution < 1.29 is 0 Å². The van der Waals surface area contributed by atoms with E-state index >= 15 is 0 Å². The van der Waals surface area contributed by atoms with Crippen LogP contribution in [0.3, 0.4) is 0 Å². The molecule has 27 heavy (non-hydrogen) atoms. The summed E-state index contributed by atoms with van der Waals surface area (Å²) in [5, 5.41) is 0. The van der Waals surface area contributed by atoms with E-state index in [1.165, 1.54) is 135 Å². The molecule has 0 rings (SSSR count). The van der Waals surface area contributed by atoms with Gasteiger partial charge in [-0.1, -0.05) is 168 Å². The van der Waals surface area contributed by atoms with Crippen molar-refractivity contribution in [1.82, 2.24) is 0 Å². The van der Waals surface area contributed by atoms with Gasteiger partial charge in [0.15, 0.2) is 0 Å². The van der Waals surface area contributed by atoms with Crippen molar-refractivity contribution in [3.63, 3.8) is 0 Å². The normalized spacial score (nSPS) is 12.6. The van der Waals surface area contributed by atoms with E-state index in [0.29, 0.717) is 0 Å². The van der Waals surface area contributed by atoms with Crippen molar-refractivity contribution in [2.45, 2.75) is 155 Å². The van der Waals surface area contributed by atoms with Gasteiger partial charge in [0.2, 0.25) is 0 Å². The van der Waals surface area contributed by atoms with Crippen LogP contribution in [0.2, 0.25) is 0 Å². The molecule has 162 valence electrons. The maximum atomic E-state index is 3.92. The average Bonchev–Trinajstić information content (AvgIpc) is 2.69. The number of unbranched alkanes of at least 4 members (excludes halogenated alkanes) is 18. The molecule has 0 aliphatic heterocycles. The Morgan fingerprint density at radius 3 is 0.926 bits per heavy atom. The zero-order valence-electron chi connectivity index (χ0n) is 19.3. The fourth-order valence-corrected chi connectivity index (χ4v) is 4.25. The largest absolute Gasteiger partial charge is 0.0651 e. The first-order chi connectivity index (χ1) is 13.3. The third-order valence-corrected chi connectivity index (χ3v) is 6.30. The molecule has 0 fully saturated rings. The fourth-order valence-electron chi connectivity index (χ4n) is 4.25. The van der Waals surface area contributed by atoms with Gasteiger partial charge < -0.3 is 0 Å². The summed E-state index contributed by atoms with van der Waals surface area (Å²) in [7, 11) is 0. The molecule has 0 saturated carbocycles. The van der Waals surface area contributed by atoms with Crippen molar-refractivity contribution in [1.29, 1.82) is 0 Å². The van der Waals surface area contributed by atoms with E-state index < -0.39 is 0 Å². The first-order valence-corrected chi connectivity index (χ1v) is 12.9. The molecule has 0 aromatic rings. The van der Waals surface area contributed by atoms with Crippen LogP contribution in [0.15, 0.2) is 0 Å². The zero-order chi connectivity index (χ0) is 19.8. The summed E-state index contributed by atoms with van der Waals surface area (Å²) in [5.41, 5.74) is 0. The Bertz CT molecular complexity index is 244. The monoisotopic (exact) mass is 378 g/mol. The molecular formula is C27H54.